The Hall–Kier alpha value is -3.65. The smallest absolute Gasteiger partial charge is 0.337 e. The number of ether oxygens (including phenoxy) is 2. The number of hydrogen-bond donors (Lipinski definition) is 1. The van der Waals surface area contributed by atoms with Crippen molar-refractivity contribution >= 4 is 29.3 Å². The predicted molar refractivity (Wildman–Crippen MR) is 126 cm³/mol. The first-order valence-electron chi connectivity index (χ1n) is 10.7. The van der Waals surface area contributed by atoms with Crippen LogP contribution in [0.3, 0.4) is 0 Å². The van der Waals surface area contributed by atoms with E-state index in [9.17, 15) is 14.0 Å². The van der Waals surface area contributed by atoms with Crippen molar-refractivity contribution in [3.8, 4) is 5.75 Å². The Bertz CT molecular complexity index is 1200. The topological polar surface area (TPSA) is 80.8 Å². The Labute approximate surface area is 201 Å². The third-order valence-corrected chi connectivity index (χ3v) is 5.71. The van der Waals surface area contributed by atoms with Gasteiger partial charge in [-0.05, 0) is 42.8 Å². The first-order chi connectivity index (χ1) is 16.3. The third-order valence-electron chi connectivity index (χ3n) is 5.50. The van der Waals surface area contributed by atoms with Gasteiger partial charge in [0.25, 0.3) is 5.91 Å². The fourth-order valence-corrected chi connectivity index (χ4v) is 3.81. The molecule has 9 heteroatoms. The van der Waals surface area contributed by atoms with Gasteiger partial charge in [-0.3, -0.25) is 4.79 Å². The second-order valence-corrected chi connectivity index (χ2v) is 8.37. The zero-order chi connectivity index (χ0) is 24.2. The predicted octanol–water partition coefficient (Wildman–Crippen LogP) is 4.42. The maximum absolute atomic E-state index is 13.4. The molecule has 1 amide bonds. The molecule has 1 aliphatic rings. The molecule has 2 aromatic carbocycles. The number of carbonyl (C=O) groups is 2. The highest BCUT2D eigenvalue weighted by Crippen LogP contribution is 2.28. The van der Waals surface area contributed by atoms with E-state index in [-0.39, 0.29) is 23.9 Å². The summed E-state index contributed by atoms with van der Waals surface area (Å²) in [5.41, 5.74) is 1.60. The minimum absolute atomic E-state index is 0.151. The van der Waals surface area contributed by atoms with Crippen molar-refractivity contribution in [3.05, 3.63) is 88.3 Å². The van der Waals surface area contributed by atoms with E-state index >= 15 is 0 Å². The molecule has 1 unspecified atom stereocenters. The standard InChI is InChI=1S/C25H23ClFN3O4/c1-15(16-6-8-17(9-7-16)25(32)33-2)29-24(31)22-10-18(26)12-28-23(22)30-13-21(14-30)34-20-5-3-4-19(27)11-20/h3-12,15,21H,13-14H2,1-2H3,(H,29,31). The number of aromatic nitrogens is 1. The first-order valence-corrected chi connectivity index (χ1v) is 11.0. The quantitative estimate of drug-likeness (QED) is 0.501. The van der Waals surface area contributed by atoms with Crippen molar-refractivity contribution < 1.29 is 23.5 Å². The van der Waals surface area contributed by atoms with Crippen molar-refractivity contribution in [1.29, 1.82) is 0 Å². The van der Waals surface area contributed by atoms with Crippen LogP contribution in [0.1, 0.15) is 39.2 Å². The molecule has 2 heterocycles. The normalized spacial score (nSPS) is 14.2. The van der Waals surface area contributed by atoms with Crippen molar-refractivity contribution in [2.75, 3.05) is 25.1 Å². The van der Waals surface area contributed by atoms with Crippen molar-refractivity contribution in [3.63, 3.8) is 0 Å². The van der Waals surface area contributed by atoms with Gasteiger partial charge in [-0.2, -0.15) is 0 Å². The summed E-state index contributed by atoms with van der Waals surface area (Å²) in [7, 11) is 1.32. The number of nitrogens with one attached hydrogen (secondary N) is 1. The van der Waals surface area contributed by atoms with E-state index in [1.165, 1.54) is 25.4 Å². The molecular weight excluding hydrogens is 461 g/mol. The number of benzene rings is 2. The van der Waals surface area contributed by atoms with Crippen LogP contribution in [0.5, 0.6) is 5.75 Å². The van der Waals surface area contributed by atoms with Gasteiger partial charge in [-0.1, -0.05) is 29.8 Å². The number of anilines is 1. The van der Waals surface area contributed by atoms with E-state index in [4.69, 9.17) is 21.1 Å². The fourth-order valence-electron chi connectivity index (χ4n) is 3.65. The van der Waals surface area contributed by atoms with Crippen LogP contribution in [0.2, 0.25) is 5.02 Å². The average Bonchev–Trinajstić information content (AvgIpc) is 2.81. The summed E-state index contributed by atoms with van der Waals surface area (Å²) in [6.07, 6.45) is 1.34. The monoisotopic (exact) mass is 483 g/mol. The molecule has 7 nitrogen and oxygen atoms in total. The van der Waals surface area contributed by atoms with E-state index in [0.29, 0.717) is 40.8 Å². The Kier molecular flexibility index (Phi) is 6.98. The molecule has 0 aliphatic carbocycles. The summed E-state index contributed by atoms with van der Waals surface area (Å²) in [5, 5.41) is 3.29. The van der Waals surface area contributed by atoms with Crippen LogP contribution >= 0.6 is 11.6 Å². The molecule has 1 saturated heterocycles. The van der Waals surface area contributed by atoms with Crippen LogP contribution in [-0.2, 0) is 4.74 Å². The zero-order valence-electron chi connectivity index (χ0n) is 18.6. The van der Waals surface area contributed by atoms with Gasteiger partial charge in [-0.15, -0.1) is 0 Å². The van der Waals surface area contributed by atoms with Crippen LogP contribution < -0.4 is 15.0 Å². The second-order valence-electron chi connectivity index (χ2n) is 7.94. The maximum atomic E-state index is 13.4. The largest absolute Gasteiger partial charge is 0.487 e. The van der Waals surface area contributed by atoms with Gasteiger partial charge in [0.2, 0.25) is 0 Å². The number of esters is 1. The molecule has 176 valence electrons. The Morgan fingerprint density at radius 3 is 2.59 bits per heavy atom. The molecular formula is C25H23ClFN3O4. The average molecular weight is 484 g/mol. The van der Waals surface area contributed by atoms with Gasteiger partial charge >= 0.3 is 5.97 Å². The van der Waals surface area contributed by atoms with E-state index in [1.807, 2.05) is 11.8 Å². The van der Waals surface area contributed by atoms with E-state index in [2.05, 4.69) is 10.3 Å². The summed E-state index contributed by atoms with van der Waals surface area (Å²) < 4.78 is 23.9. The molecule has 0 radical (unpaired) electrons. The van der Waals surface area contributed by atoms with Crippen molar-refractivity contribution in [2.24, 2.45) is 0 Å². The lowest BCUT2D eigenvalue weighted by Gasteiger charge is -2.40. The lowest BCUT2D eigenvalue weighted by molar-refractivity contribution is 0.0600. The fraction of sp³-hybridized carbons (Fsp3) is 0.240. The number of nitrogens with zero attached hydrogens (tertiary/aromatic N) is 2. The molecule has 34 heavy (non-hydrogen) atoms. The summed E-state index contributed by atoms with van der Waals surface area (Å²) in [5.74, 6) is -0.162. The minimum atomic E-state index is -0.424. The zero-order valence-corrected chi connectivity index (χ0v) is 19.4. The van der Waals surface area contributed by atoms with Crippen LogP contribution in [0, 0.1) is 5.82 Å². The third kappa shape index (κ3) is 5.28. The molecule has 1 atom stereocenters. The summed E-state index contributed by atoms with van der Waals surface area (Å²) in [6.45, 7) is 2.83. The summed E-state index contributed by atoms with van der Waals surface area (Å²) in [6, 6.07) is 14.1. The SMILES string of the molecule is COC(=O)c1ccc(C(C)NC(=O)c2cc(Cl)cnc2N2CC(Oc3cccc(F)c3)C2)cc1. The highest BCUT2D eigenvalue weighted by molar-refractivity contribution is 6.31. The highest BCUT2D eigenvalue weighted by atomic mass is 35.5. The van der Waals surface area contributed by atoms with Gasteiger partial charge in [0.05, 0.1) is 42.4 Å². The molecule has 0 bridgehead atoms. The molecule has 1 aromatic heterocycles. The van der Waals surface area contributed by atoms with E-state index in [0.717, 1.165) is 5.56 Å². The maximum Gasteiger partial charge on any atom is 0.337 e. The number of pyridine rings is 1. The number of hydrogen-bond acceptors (Lipinski definition) is 6. The molecule has 0 spiro atoms. The highest BCUT2D eigenvalue weighted by Gasteiger charge is 2.32. The van der Waals surface area contributed by atoms with Crippen molar-refractivity contribution in [2.45, 2.75) is 19.1 Å². The number of carbonyl (C=O) groups excluding carboxylic acids is 2. The lowest BCUT2D eigenvalue weighted by atomic mass is 10.0. The Morgan fingerprint density at radius 2 is 1.91 bits per heavy atom. The molecule has 0 saturated carbocycles. The summed E-state index contributed by atoms with van der Waals surface area (Å²) >= 11 is 6.13. The first kappa shape index (κ1) is 23.5. The number of amides is 1. The van der Waals surface area contributed by atoms with Gasteiger partial charge in [0, 0.05) is 12.3 Å². The number of methoxy groups -OCH3 is 1. The molecule has 1 fully saturated rings. The van der Waals surface area contributed by atoms with Crippen molar-refractivity contribution in [1.82, 2.24) is 10.3 Å². The summed E-state index contributed by atoms with van der Waals surface area (Å²) in [4.78, 5) is 31.0. The van der Waals surface area contributed by atoms with Crippen LogP contribution in [-0.4, -0.2) is 43.2 Å². The van der Waals surface area contributed by atoms with Gasteiger partial charge in [0.1, 0.15) is 23.5 Å². The number of halogens is 2. The molecule has 3 aromatic rings. The molecule has 4 rings (SSSR count). The number of rotatable bonds is 7. The second kappa shape index (κ2) is 10.1. The van der Waals surface area contributed by atoms with E-state index in [1.54, 1.807) is 42.5 Å². The molecule has 1 N–H and O–H groups in total. The van der Waals surface area contributed by atoms with Gasteiger partial charge in [0.15, 0.2) is 0 Å². The molecule has 1 aliphatic heterocycles. The van der Waals surface area contributed by atoms with E-state index < -0.39 is 5.97 Å². The van der Waals surface area contributed by atoms with Crippen LogP contribution in [0.4, 0.5) is 10.2 Å². The van der Waals surface area contributed by atoms with Crippen LogP contribution in [0.25, 0.3) is 0 Å². The van der Waals surface area contributed by atoms with Crippen LogP contribution in [0.15, 0.2) is 60.8 Å². The van der Waals surface area contributed by atoms with Gasteiger partial charge in [-0.25, -0.2) is 14.2 Å². The Morgan fingerprint density at radius 1 is 1.18 bits per heavy atom. The van der Waals surface area contributed by atoms with Gasteiger partial charge < -0.3 is 19.7 Å². The lowest BCUT2D eigenvalue weighted by Crippen LogP contribution is -2.54. The minimum Gasteiger partial charge on any atom is -0.487 e. The Balaban J connectivity index is 1.42.